The molecule has 0 atom stereocenters. The first kappa shape index (κ1) is 11.2. The first-order valence-electron chi connectivity index (χ1n) is 2.16. The lowest BCUT2D eigenvalue weighted by Gasteiger charge is -2.00. The maximum atomic E-state index is 9.56. The van der Waals surface area contributed by atoms with Crippen LogP contribution in [0.2, 0.25) is 0 Å². The van der Waals surface area contributed by atoms with E-state index in [4.69, 9.17) is 5.11 Å². The second-order valence-electron chi connectivity index (χ2n) is 1.15. The lowest BCUT2D eigenvalue weighted by Crippen LogP contribution is -2.27. The Labute approximate surface area is 52.8 Å². The van der Waals surface area contributed by atoms with E-state index in [1.807, 2.05) is 0 Å². The zero-order valence-electron chi connectivity index (χ0n) is 5.29. The van der Waals surface area contributed by atoms with Crippen molar-refractivity contribution >= 4 is 5.97 Å². The molecule has 0 aliphatic rings. The van der Waals surface area contributed by atoms with E-state index in [2.05, 4.69) is 4.74 Å². The number of aliphatic hydroxyl groups excluding tert-OH is 1. The Morgan fingerprint density at radius 1 is 1.67 bits per heavy atom. The summed E-state index contributed by atoms with van der Waals surface area (Å²) in [6.07, 6.45) is 0. The summed E-state index contributed by atoms with van der Waals surface area (Å²) < 4.78 is 4.33. The van der Waals surface area contributed by atoms with Crippen LogP contribution in [0.5, 0.6) is 0 Å². The monoisotopic (exact) mass is 137 g/mol. The largest absolute Gasteiger partial charge is 0.548 e. The van der Waals surface area contributed by atoms with E-state index >= 15 is 0 Å². The summed E-state index contributed by atoms with van der Waals surface area (Å²) in [5, 5.41) is 17.6. The van der Waals surface area contributed by atoms with Crippen LogP contribution in [0.25, 0.3) is 0 Å². The van der Waals surface area contributed by atoms with Crippen LogP contribution in [-0.4, -0.2) is 30.9 Å². The van der Waals surface area contributed by atoms with Crippen LogP contribution >= 0.6 is 0 Å². The molecule has 0 aromatic heterocycles. The number of ether oxygens (including phenoxy) is 1. The fourth-order valence-corrected chi connectivity index (χ4v) is 0.220. The number of aliphatic carboxylic acids is 1. The third-order valence-electron chi connectivity index (χ3n) is 0.456. The van der Waals surface area contributed by atoms with Crippen LogP contribution in [0.1, 0.15) is 0 Å². The maximum Gasteiger partial charge on any atom is 0.0862 e. The van der Waals surface area contributed by atoms with E-state index in [1.165, 1.54) is 0 Å². The predicted molar refractivity (Wildman–Crippen MR) is 28.9 cm³/mol. The number of hydrogen-bond donors (Lipinski definition) is 2. The van der Waals surface area contributed by atoms with Gasteiger partial charge in [-0.25, -0.2) is 0 Å². The average molecular weight is 137 g/mol. The molecule has 5 heteroatoms. The topological polar surface area (TPSA) is 106 Å². The van der Waals surface area contributed by atoms with Gasteiger partial charge in [0.1, 0.15) is 0 Å². The van der Waals surface area contributed by atoms with Crippen molar-refractivity contribution in [2.45, 2.75) is 0 Å². The molecule has 56 valence electrons. The highest BCUT2D eigenvalue weighted by molar-refractivity contribution is 5.65. The number of carbonyl (C=O) groups is 1. The van der Waals surface area contributed by atoms with Crippen molar-refractivity contribution in [3.05, 3.63) is 0 Å². The normalized spacial score (nSPS) is 8.11. The van der Waals surface area contributed by atoms with Crippen LogP contribution in [0.3, 0.4) is 0 Å². The van der Waals surface area contributed by atoms with Gasteiger partial charge in [-0.05, 0) is 0 Å². The van der Waals surface area contributed by atoms with Gasteiger partial charge < -0.3 is 25.9 Å². The molecule has 5 N–H and O–H groups in total. The predicted octanol–water partition coefficient (Wildman–Crippen LogP) is -1.88. The van der Waals surface area contributed by atoms with Gasteiger partial charge in [0.15, 0.2) is 0 Å². The highest BCUT2D eigenvalue weighted by Crippen LogP contribution is 1.68. The van der Waals surface area contributed by atoms with Gasteiger partial charge >= 0.3 is 0 Å². The molecule has 0 aliphatic heterocycles. The minimum absolute atomic E-state index is 0. The van der Waals surface area contributed by atoms with E-state index in [0.29, 0.717) is 0 Å². The molecule has 0 fully saturated rings. The maximum absolute atomic E-state index is 9.56. The van der Waals surface area contributed by atoms with Crippen molar-refractivity contribution in [2.75, 3.05) is 19.8 Å². The standard InChI is InChI=1S/C4H8O4.H3N/c5-1-2-8-3-4(6)7;/h5H,1-3H2,(H,6,7);1H3. The lowest BCUT2D eigenvalue weighted by atomic mass is 10.7. The molecule has 0 aromatic carbocycles. The van der Waals surface area contributed by atoms with Crippen LogP contribution in [0.15, 0.2) is 0 Å². The molecular formula is C4H11NO4. The Hall–Kier alpha value is -0.650. The smallest absolute Gasteiger partial charge is 0.0862 e. The molecule has 0 saturated carbocycles. The van der Waals surface area contributed by atoms with E-state index in [0.717, 1.165) is 0 Å². The molecule has 0 saturated heterocycles. The number of rotatable bonds is 4. The van der Waals surface area contributed by atoms with Gasteiger partial charge in [0.2, 0.25) is 0 Å². The number of quaternary nitrogens is 1. The molecule has 0 aromatic rings. The Morgan fingerprint density at radius 2 is 2.22 bits per heavy atom. The SMILES string of the molecule is O=C([O-])COCCO.[NH4+]. The molecule has 0 amide bonds. The molecule has 5 nitrogen and oxygen atoms in total. The third kappa shape index (κ3) is 11.1. The number of carboxylic acids is 1. The minimum atomic E-state index is -1.27. The summed E-state index contributed by atoms with van der Waals surface area (Å²) in [4.78, 5) is 9.56. The summed E-state index contributed by atoms with van der Waals surface area (Å²) in [6.45, 7) is -0.554. The summed E-state index contributed by atoms with van der Waals surface area (Å²) in [5.74, 6) is -1.27. The average Bonchev–Trinajstić information content (AvgIpc) is 1.66. The van der Waals surface area contributed by atoms with Gasteiger partial charge in [-0.3, -0.25) is 0 Å². The fourth-order valence-electron chi connectivity index (χ4n) is 0.220. The quantitative estimate of drug-likeness (QED) is 0.442. The van der Waals surface area contributed by atoms with E-state index in [-0.39, 0.29) is 19.4 Å². The van der Waals surface area contributed by atoms with Crippen LogP contribution in [0, 0.1) is 0 Å². The van der Waals surface area contributed by atoms with Crippen molar-refractivity contribution in [3.63, 3.8) is 0 Å². The molecular weight excluding hydrogens is 126 g/mol. The molecule has 0 spiro atoms. The van der Waals surface area contributed by atoms with E-state index in [1.54, 1.807) is 0 Å². The first-order chi connectivity index (χ1) is 3.77. The van der Waals surface area contributed by atoms with Crippen LogP contribution in [-0.2, 0) is 9.53 Å². The Bertz CT molecular complexity index is 75.0. The molecule has 0 bridgehead atoms. The number of aliphatic hydroxyl groups is 1. The number of hydrogen-bond acceptors (Lipinski definition) is 4. The van der Waals surface area contributed by atoms with Gasteiger partial charge in [0, 0.05) is 0 Å². The van der Waals surface area contributed by atoms with Crippen molar-refractivity contribution < 1.29 is 19.7 Å². The summed E-state index contributed by atoms with van der Waals surface area (Å²) in [7, 11) is 0. The molecule has 0 aliphatic carbocycles. The third-order valence-corrected chi connectivity index (χ3v) is 0.456. The zero-order chi connectivity index (χ0) is 6.41. The van der Waals surface area contributed by atoms with Gasteiger partial charge in [-0.2, -0.15) is 0 Å². The minimum Gasteiger partial charge on any atom is -0.548 e. The van der Waals surface area contributed by atoms with Crippen LogP contribution < -0.4 is 11.3 Å². The zero-order valence-corrected chi connectivity index (χ0v) is 5.29. The summed E-state index contributed by atoms with van der Waals surface area (Å²) >= 11 is 0. The van der Waals surface area contributed by atoms with Gasteiger partial charge in [-0.15, -0.1) is 0 Å². The number of carboxylic acid groups (broad SMARTS) is 1. The molecule has 0 unspecified atom stereocenters. The summed E-state index contributed by atoms with van der Waals surface area (Å²) in [6, 6.07) is 0. The second kappa shape index (κ2) is 7.35. The fraction of sp³-hybridized carbons (Fsp3) is 0.750. The molecule has 0 rings (SSSR count). The van der Waals surface area contributed by atoms with Crippen molar-refractivity contribution in [1.82, 2.24) is 6.15 Å². The molecule has 0 radical (unpaired) electrons. The van der Waals surface area contributed by atoms with Gasteiger partial charge in [-0.1, -0.05) is 0 Å². The van der Waals surface area contributed by atoms with E-state index in [9.17, 15) is 9.90 Å². The number of carbonyl (C=O) groups excluding carboxylic acids is 1. The van der Waals surface area contributed by atoms with Crippen molar-refractivity contribution in [1.29, 1.82) is 0 Å². The first-order valence-corrected chi connectivity index (χ1v) is 2.16. The Kier molecular flexibility index (Phi) is 9.14. The van der Waals surface area contributed by atoms with Crippen LogP contribution in [0.4, 0.5) is 0 Å². The van der Waals surface area contributed by atoms with Crippen molar-refractivity contribution in [2.24, 2.45) is 0 Å². The van der Waals surface area contributed by atoms with Gasteiger partial charge in [0.25, 0.3) is 0 Å². The van der Waals surface area contributed by atoms with E-state index < -0.39 is 12.6 Å². The Balaban J connectivity index is 0. The molecule has 9 heavy (non-hydrogen) atoms. The van der Waals surface area contributed by atoms with Crippen molar-refractivity contribution in [3.8, 4) is 0 Å². The highest BCUT2D eigenvalue weighted by Gasteiger charge is 1.83. The molecule has 0 heterocycles. The second-order valence-corrected chi connectivity index (χ2v) is 1.15. The Morgan fingerprint density at radius 3 is 2.56 bits per heavy atom. The lowest BCUT2D eigenvalue weighted by molar-refractivity contribution is -0.309. The highest BCUT2D eigenvalue weighted by atomic mass is 16.5. The van der Waals surface area contributed by atoms with Gasteiger partial charge in [0.05, 0.1) is 25.8 Å². The summed E-state index contributed by atoms with van der Waals surface area (Å²) in [5.41, 5.74) is 0.